The van der Waals surface area contributed by atoms with E-state index in [0.717, 1.165) is 19.4 Å². The number of piperidine rings is 1. The van der Waals surface area contributed by atoms with Crippen LogP contribution >= 0.6 is 0 Å². The number of likely N-dealkylation sites (tertiary alicyclic amines) is 1. The molecule has 0 radical (unpaired) electrons. The molecule has 1 aliphatic heterocycles. The number of aliphatic carboxylic acids is 1. The van der Waals surface area contributed by atoms with Crippen LogP contribution in [0.5, 0.6) is 0 Å². The summed E-state index contributed by atoms with van der Waals surface area (Å²) < 4.78 is 0. The molecule has 0 bridgehead atoms. The van der Waals surface area contributed by atoms with Crippen LogP contribution in [-0.2, 0) is 4.79 Å². The van der Waals surface area contributed by atoms with E-state index in [-0.39, 0.29) is 12.6 Å². The van der Waals surface area contributed by atoms with Gasteiger partial charge in [0.1, 0.15) is 0 Å². The van der Waals surface area contributed by atoms with Gasteiger partial charge in [0.05, 0.1) is 6.54 Å². The van der Waals surface area contributed by atoms with Gasteiger partial charge in [0.25, 0.3) is 0 Å². The third kappa shape index (κ3) is 3.07. The summed E-state index contributed by atoms with van der Waals surface area (Å²) in [4.78, 5) is 12.9. The van der Waals surface area contributed by atoms with Crippen molar-refractivity contribution in [2.24, 2.45) is 0 Å². The molecule has 1 aliphatic rings. The summed E-state index contributed by atoms with van der Waals surface area (Å²) in [5.41, 5.74) is 2.49. The van der Waals surface area contributed by atoms with Gasteiger partial charge in [-0.3, -0.25) is 9.69 Å². The fourth-order valence-electron chi connectivity index (χ4n) is 2.52. The highest BCUT2D eigenvalue weighted by atomic mass is 16.4. The lowest BCUT2D eigenvalue weighted by Crippen LogP contribution is -2.37. The Morgan fingerprint density at radius 2 is 2.06 bits per heavy atom. The van der Waals surface area contributed by atoms with E-state index in [2.05, 4.69) is 36.1 Å². The summed E-state index contributed by atoms with van der Waals surface area (Å²) >= 11 is 0. The second-order valence-electron chi connectivity index (χ2n) is 4.79. The smallest absolute Gasteiger partial charge is 0.317 e. The molecule has 1 heterocycles. The normalized spacial score (nSPS) is 21.4. The minimum Gasteiger partial charge on any atom is -0.480 e. The van der Waals surface area contributed by atoms with E-state index in [1.54, 1.807) is 0 Å². The zero-order valence-corrected chi connectivity index (χ0v) is 10.2. The van der Waals surface area contributed by atoms with Crippen LogP contribution in [-0.4, -0.2) is 29.1 Å². The highest BCUT2D eigenvalue weighted by Crippen LogP contribution is 2.30. The first kappa shape index (κ1) is 12.1. The third-order valence-corrected chi connectivity index (χ3v) is 3.41. The van der Waals surface area contributed by atoms with Gasteiger partial charge in [-0.05, 0) is 31.9 Å². The minimum atomic E-state index is -0.732. The van der Waals surface area contributed by atoms with Gasteiger partial charge in [0.15, 0.2) is 0 Å². The standard InChI is InChI=1S/C14H19NO2/c1-11-5-7-12(8-6-11)13-4-2-3-9-15(13)10-14(16)17/h5-8,13H,2-4,9-10H2,1H3,(H,16,17)/t13-/m1/s1. The first-order chi connectivity index (χ1) is 8.16. The highest BCUT2D eigenvalue weighted by molar-refractivity contribution is 5.69. The number of rotatable bonds is 3. The summed E-state index contributed by atoms with van der Waals surface area (Å²) in [6.07, 6.45) is 3.36. The predicted molar refractivity (Wildman–Crippen MR) is 67.0 cm³/mol. The van der Waals surface area contributed by atoms with Gasteiger partial charge in [-0.1, -0.05) is 36.2 Å². The number of nitrogens with zero attached hydrogens (tertiary/aromatic N) is 1. The molecule has 1 atom stereocenters. The van der Waals surface area contributed by atoms with Crippen LogP contribution in [0.3, 0.4) is 0 Å². The van der Waals surface area contributed by atoms with Gasteiger partial charge in [-0.25, -0.2) is 0 Å². The monoisotopic (exact) mass is 233 g/mol. The maximum absolute atomic E-state index is 10.9. The Morgan fingerprint density at radius 1 is 1.35 bits per heavy atom. The third-order valence-electron chi connectivity index (χ3n) is 3.41. The molecule has 1 aromatic carbocycles. The minimum absolute atomic E-state index is 0.151. The molecule has 1 N–H and O–H groups in total. The summed E-state index contributed by atoms with van der Waals surface area (Å²) in [6.45, 7) is 3.11. The van der Waals surface area contributed by atoms with Crippen LogP contribution in [0.2, 0.25) is 0 Å². The van der Waals surface area contributed by atoms with Crippen LogP contribution in [0, 0.1) is 6.92 Å². The Kier molecular flexibility index (Phi) is 3.79. The van der Waals surface area contributed by atoms with Crippen molar-refractivity contribution < 1.29 is 9.90 Å². The molecule has 0 saturated carbocycles. The van der Waals surface area contributed by atoms with Crippen molar-refractivity contribution >= 4 is 5.97 Å². The molecule has 17 heavy (non-hydrogen) atoms. The number of aryl methyl sites for hydroxylation is 1. The fraction of sp³-hybridized carbons (Fsp3) is 0.500. The molecule has 0 spiro atoms. The predicted octanol–water partition coefficient (Wildman–Crippen LogP) is 2.61. The number of carbonyl (C=O) groups is 1. The lowest BCUT2D eigenvalue weighted by atomic mass is 9.94. The van der Waals surface area contributed by atoms with Gasteiger partial charge in [-0.2, -0.15) is 0 Å². The van der Waals surface area contributed by atoms with Gasteiger partial charge in [-0.15, -0.1) is 0 Å². The highest BCUT2D eigenvalue weighted by Gasteiger charge is 2.25. The van der Waals surface area contributed by atoms with Crippen molar-refractivity contribution in [2.75, 3.05) is 13.1 Å². The summed E-state index contributed by atoms with van der Waals surface area (Å²) in [5.74, 6) is -0.732. The zero-order valence-electron chi connectivity index (χ0n) is 10.2. The molecule has 3 heteroatoms. The molecule has 0 amide bonds. The average Bonchev–Trinajstić information content (AvgIpc) is 2.30. The van der Waals surface area contributed by atoms with Crippen molar-refractivity contribution in [3.63, 3.8) is 0 Å². The molecular weight excluding hydrogens is 214 g/mol. The number of carboxylic acid groups (broad SMARTS) is 1. The second-order valence-corrected chi connectivity index (χ2v) is 4.79. The van der Waals surface area contributed by atoms with E-state index < -0.39 is 5.97 Å². The Balaban J connectivity index is 2.15. The summed E-state index contributed by atoms with van der Waals surface area (Å²) in [6, 6.07) is 8.73. The molecule has 3 nitrogen and oxygen atoms in total. The molecule has 0 aliphatic carbocycles. The number of carboxylic acids is 1. The zero-order chi connectivity index (χ0) is 12.3. The van der Waals surface area contributed by atoms with E-state index in [9.17, 15) is 4.79 Å². The number of hydrogen-bond donors (Lipinski definition) is 1. The largest absolute Gasteiger partial charge is 0.480 e. The molecule has 0 unspecified atom stereocenters. The molecule has 1 aromatic rings. The van der Waals surface area contributed by atoms with Gasteiger partial charge in [0, 0.05) is 6.04 Å². The van der Waals surface area contributed by atoms with Gasteiger partial charge < -0.3 is 5.11 Å². The van der Waals surface area contributed by atoms with Crippen molar-refractivity contribution in [3.8, 4) is 0 Å². The second kappa shape index (κ2) is 5.32. The van der Waals surface area contributed by atoms with Crippen molar-refractivity contribution in [1.29, 1.82) is 0 Å². The van der Waals surface area contributed by atoms with Crippen LogP contribution in [0.15, 0.2) is 24.3 Å². The summed E-state index contributed by atoms with van der Waals surface area (Å²) in [5, 5.41) is 8.93. The lowest BCUT2D eigenvalue weighted by molar-refractivity contribution is -0.139. The van der Waals surface area contributed by atoms with E-state index >= 15 is 0 Å². The molecule has 0 aromatic heterocycles. The molecular formula is C14H19NO2. The average molecular weight is 233 g/mol. The van der Waals surface area contributed by atoms with E-state index in [1.165, 1.54) is 17.5 Å². The van der Waals surface area contributed by atoms with Gasteiger partial charge in [0.2, 0.25) is 0 Å². The Bertz CT molecular complexity index is 386. The maximum Gasteiger partial charge on any atom is 0.317 e. The maximum atomic E-state index is 10.9. The van der Waals surface area contributed by atoms with Crippen LogP contribution in [0.25, 0.3) is 0 Å². The van der Waals surface area contributed by atoms with E-state index in [1.807, 2.05) is 0 Å². The quantitative estimate of drug-likeness (QED) is 0.872. The van der Waals surface area contributed by atoms with Crippen LogP contribution in [0.1, 0.15) is 36.4 Å². The van der Waals surface area contributed by atoms with Gasteiger partial charge >= 0.3 is 5.97 Å². The number of benzene rings is 1. The number of hydrogen-bond acceptors (Lipinski definition) is 2. The molecule has 1 saturated heterocycles. The summed E-state index contributed by atoms with van der Waals surface area (Å²) in [7, 11) is 0. The van der Waals surface area contributed by atoms with Crippen molar-refractivity contribution in [3.05, 3.63) is 35.4 Å². The van der Waals surface area contributed by atoms with Crippen LogP contribution < -0.4 is 0 Å². The SMILES string of the molecule is Cc1ccc([C@H]2CCCCN2CC(=O)O)cc1. The Labute approximate surface area is 102 Å². The Hall–Kier alpha value is -1.35. The first-order valence-corrected chi connectivity index (χ1v) is 6.19. The first-order valence-electron chi connectivity index (χ1n) is 6.19. The fourth-order valence-corrected chi connectivity index (χ4v) is 2.52. The molecule has 2 rings (SSSR count). The van der Waals surface area contributed by atoms with Crippen LogP contribution in [0.4, 0.5) is 0 Å². The Morgan fingerprint density at radius 3 is 2.71 bits per heavy atom. The lowest BCUT2D eigenvalue weighted by Gasteiger charge is -2.34. The topological polar surface area (TPSA) is 40.5 Å². The van der Waals surface area contributed by atoms with E-state index in [4.69, 9.17) is 5.11 Å². The molecule has 1 fully saturated rings. The molecule has 92 valence electrons. The van der Waals surface area contributed by atoms with Crippen molar-refractivity contribution in [1.82, 2.24) is 4.90 Å². The van der Waals surface area contributed by atoms with E-state index in [0.29, 0.717) is 0 Å². The van der Waals surface area contributed by atoms with Crippen molar-refractivity contribution in [2.45, 2.75) is 32.2 Å².